The first kappa shape index (κ1) is 51.3. The van der Waals surface area contributed by atoms with Crippen molar-refractivity contribution >= 4 is 0 Å². The number of hydrogen-bond acceptors (Lipinski definition) is 3. The van der Waals surface area contributed by atoms with E-state index in [4.69, 9.17) is 14.2 Å². The van der Waals surface area contributed by atoms with Crippen LogP contribution in [0.15, 0.2) is 36.4 Å². The predicted molar refractivity (Wildman–Crippen MR) is 251 cm³/mol. The molecule has 3 heteroatoms. The molecule has 0 aliphatic carbocycles. The van der Waals surface area contributed by atoms with E-state index in [0.29, 0.717) is 0 Å². The van der Waals surface area contributed by atoms with Gasteiger partial charge in [0.25, 0.3) is 0 Å². The van der Waals surface area contributed by atoms with Crippen molar-refractivity contribution in [3.63, 3.8) is 0 Å². The Morgan fingerprint density at radius 1 is 0.298 bits per heavy atom. The Labute approximate surface area is 355 Å². The molecule has 57 heavy (non-hydrogen) atoms. The van der Waals surface area contributed by atoms with Gasteiger partial charge in [-0.1, -0.05) is 219 Å². The van der Waals surface area contributed by atoms with Crippen LogP contribution in [0.25, 0.3) is 0 Å². The number of ether oxygens (including phenoxy) is 3. The second-order valence-electron chi connectivity index (χ2n) is 17.3. The molecule has 2 aromatic rings. The third kappa shape index (κ3) is 26.8. The minimum Gasteiger partial charge on any atom is -0.457 e. The summed E-state index contributed by atoms with van der Waals surface area (Å²) in [6.07, 6.45) is 44.1. The molecule has 0 atom stereocenters. The molecular formula is C54H94O3. The summed E-state index contributed by atoms with van der Waals surface area (Å²) in [7, 11) is 0. The molecular weight excluding hydrogens is 697 g/mol. The van der Waals surface area contributed by atoms with Gasteiger partial charge in [0.15, 0.2) is 0 Å². The van der Waals surface area contributed by atoms with Crippen molar-refractivity contribution in [3.05, 3.63) is 58.7 Å². The van der Waals surface area contributed by atoms with Crippen LogP contribution in [-0.2, 0) is 35.2 Å². The Bertz CT molecular complexity index is 1070. The molecule has 0 aromatic heterocycles. The lowest BCUT2D eigenvalue weighted by Crippen LogP contribution is -2.07. The predicted octanol–water partition coefficient (Wildman–Crippen LogP) is 17.5. The standard InChI is InChI=1S/C54H94O3/c1-5-9-13-17-21-25-29-33-45-55-47-43-49-37-35-41-53(51(49)39-31-27-23-19-15-11-7-3)57-54-42-36-38-50(52(54)40-32-28-24-20-16-12-8-4)44-48-56-46-34-30-26-22-18-14-10-6-2/h35-38,41-42H,5-34,39-40,43-48H2,1-4H3. The number of unbranched alkanes of at least 4 members (excludes halogenated alkanes) is 26. The summed E-state index contributed by atoms with van der Waals surface area (Å²) in [6, 6.07) is 13.6. The average Bonchev–Trinajstić information content (AvgIpc) is 3.22. The van der Waals surface area contributed by atoms with E-state index in [1.54, 1.807) is 0 Å². The van der Waals surface area contributed by atoms with Crippen molar-refractivity contribution < 1.29 is 14.2 Å². The SMILES string of the molecule is CCCCCCCCCCOCCc1cccc(Oc2cccc(CCOCCCCCCCCCC)c2CCCCCCCCC)c1CCCCCCCCC. The van der Waals surface area contributed by atoms with Crippen molar-refractivity contribution in [1.29, 1.82) is 0 Å². The van der Waals surface area contributed by atoms with Gasteiger partial charge in [-0.05, 0) is 85.8 Å². The van der Waals surface area contributed by atoms with Gasteiger partial charge < -0.3 is 14.2 Å². The van der Waals surface area contributed by atoms with Gasteiger partial charge in [0.2, 0.25) is 0 Å². The van der Waals surface area contributed by atoms with Crippen molar-refractivity contribution in [2.45, 2.75) is 246 Å². The highest BCUT2D eigenvalue weighted by atomic mass is 16.5. The Hall–Kier alpha value is -1.84. The average molecular weight is 791 g/mol. The number of hydrogen-bond donors (Lipinski definition) is 0. The summed E-state index contributed by atoms with van der Waals surface area (Å²) < 4.78 is 19.5. The van der Waals surface area contributed by atoms with Gasteiger partial charge in [-0.15, -0.1) is 0 Å². The summed E-state index contributed by atoms with van der Waals surface area (Å²) in [4.78, 5) is 0. The van der Waals surface area contributed by atoms with Gasteiger partial charge in [0, 0.05) is 13.2 Å². The van der Waals surface area contributed by atoms with Crippen LogP contribution in [0.5, 0.6) is 11.5 Å². The molecule has 0 saturated heterocycles. The summed E-state index contributed by atoms with van der Waals surface area (Å²) in [5, 5.41) is 0. The normalized spacial score (nSPS) is 11.5. The van der Waals surface area contributed by atoms with Crippen molar-refractivity contribution in [2.24, 2.45) is 0 Å². The summed E-state index contributed by atoms with van der Waals surface area (Å²) in [5.74, 6) is 2.12. The zero-order valence-corrected chi connectivity index (χ0v) is 38.6. The zero-order chi connectivity index (χ0) is 40.7. The molecule has 2 rings (SSSR count). The molecule has 0 unspecified atom stereocenters. The Morgan fingerprint density at radius 3 is 0.930 bits per heavy atom. The summed E-state index contributed by atoms with van der Waals surface area (Å²) >= 11 is 0. The second kappa shape index (κ2) is 38.4. The fourth-order valence-corrected chi connectivity index (χ4v) is 8.33. The molecule has 0 N–H and O–H groups in total. The molecule has 0 fully saturated rings. The Balaban J connectivity index is 2.09. The van der Waals surface area contributed by atoms with Crippen LogP contribution in [0.2, 0.25) is 0 Å². The van der Waals surface area contributed by atoms with E-state index in [2.05, 4.69) is 64.1 Å². The van der Waals surface area contributed by atoms with Gasteiger partial charge in [0.05, 0.1) is 13.2 Å². The van der Waals surface area contributed by atoms with E-state index in [-0.39, 0.29) is 0 Å². The highest BCUT2D eigenvalue weighted by Gasteiger charge is 2.15. The summed E-state index contributed by atoms with van der Waals surface area (Å²) in [6.45, 7) is 12.6. The Kier molecular flexibility index (Phi) is 34.5. The van der Waals surface area contributed by atoms with Crippen molar-refractivity contribution in [2.75, 3.05) is 26.4 Å². The van der Waals surface area contributed by atoms with Crippen LogP contribution in [-0.4, -0.2) is 26.4 Å². The molecule has 0 amide bonds. The second-order valence-corrected chi connectivity index (χ2v) is 17.3. The fourth-order valence-electron chi connectivity index (χ4n) is 8.33. The molecule has 0 saturated carbocycles. The van der Waals surface area contributed by atoms with Crippen LogP contribution in [0.3, 0.4) is 0 Å². The first-order chi connectivity index (χ1) is 28.2. The minimum absolute atomic E-state index is 0.794. The maximum absolute atomic E-state index is 7.07. The lowest BCUT2D eigenvalue weighted by atomic mass is 9.96. The van der Waals surface area contributed by atoms with Crippen LogP contribution in [0.1, 0.15) is 243 Å². The summed E-state index contributed by atoms with van der Waals surface area (Å²) in [5.41, 5.74) is 5.63. The molecule has 3 nitrogen and oxygen atoms in total. The molecule has 328 valence electrons. The van der Waals surface area contributed by atoms with E-state index in [1.165, 1.54) is 215 Å². The van der Waals surface area contributed by atoms with Crippen molar-refractivity contribution in [3.8, 4) is 11.5 Å². The van der Waals surface area contributed by atoms with E-state index in [1.807, 2.05) is 0 Å². The molecule has 0 aliphatic heterocycles. The van der Waals surface area contributed by atoms with Gasteiger partial charge >= 0.3 is 0 Å². The number of rotatable bonds is 42. The Morgan fingerprint density at radius 2 is 0.596 bits per heavy atom. The van der Waals surface area contributed by atoms with E-state index >= 15 is 0 Å². The molecule has 2 aromatic carbocycles. The van der Waals surface area contributed by atoms with Gasteiger partial charge in [-0.3, -0.25) is 0 Å². The molecule has 0 spiro atoms. The molecule has 0 heterocycles. The van der Waals surface area contributed by atoms with Gasteiger partial charge in [-0.2, -0.15) is 0 Å². The van der Waals surface area contributed by atoms with Crippen LogP contribution in [0.4, 0.5) is 0 Å². The highest BCUT2D eigenvalue weighted by molar-refractivity contribution is 5.47. The topological polar surface area (TPSA) is 27.7 Å². The van der Waals surface area contributed by atoms with Crippen LogP contribution < -0.4 is 4.74 Å². The first-order valence-corrected chi connectivity index (χ1v) is 25.3. The molecule has 0 radical (unpaired) electrons. The fraction of sp³-hybridized carbons (Fsp3) is 0.778. The smallest absolute Gasteiger partial charge is 0.130 e. The lowest BCUT2D eigenvalue weighted by molar-refractivity contribution is 0.132. The van der Waals surface area contributed by atoms with E-state index < -0.39 is 0 Å². The van der Waals surface area contributed by atoms with E-state index in [0.717, 1.165) is 63.6 Å². The lowest BCUT2D eigenvalue weighted by Gasteiger charge is -2.20. The van der Waals surface area contributed by atoms with Crippen molar-refractivity contribution in [1.82, 2.24) is 0 Å². The highest BCUT2D eigenvalue weighted by Crippen LogP contribution is 2.34. The molecule has 0 bridgehead atoms. The van der Waals surface area contributed by atoms with Crippen LogP contribution >= 0.6 is 0 Å². The monoisotopic (exact) mass is 791 g/mol. The van der Waals surface area contributed by atoms with E-state index in [9.17, 15) is 0 Å². The van der Waals surface area contributed by atoms with Gasteiger partial charge in [-0.25, -0.2) is 0 Å². The number of benzene rings is 2. The first-order valence-electron chi connectivity index (χ1n) is 25.3. The van der Waals surface area contributed by atoms with Gasteiger partial charge in [0.1, 0.15) is 11.5 Å². The molecule has 0 aliphatic rings. The third-order valence-electron chi connectivity index (χ3n) is 12.1. The maximum atomic E-state index is 7.07. The third-order valence-corrected chi connectivity index (χ3v) is 12.1. The maximum Gasteiger partial charge on any atom is 0.130 e. The largest absolute Gasteiger partial charge is 0.457 e. The minimum atomic E-state index is 0.794. The quantitative estimate of drug-likeness (QED) is 0.0627. The zero-order valence-electron chi connectivity index (χ0n) is 38.6. The van der Waals surface area contributed by atoms with Crippen LogP contribution in [0, 0.1) is 0 Å².